The SMILES string of the molecule is CCCNC(=O)c1ccc(NC(=O)C2CCN(C(=O)c3ccc(C(F)(F)F)cc3)CC2)cc1. The highest BCUT2D eigenvalue weighted by Gasteiger charge is 2.31. The summed E-state index contributed by atoms with van der Waals surface area (Å²) in [6.07, 6.45) is -2.70. The van der Waals surface area contributed by atoms with Crippen LogP contribution in [0.1, 0.15) is 52.5 Å². The third-order valence-electron chi connectivity index (χ3n) is 5.56. The Kier molecular flexibility index (Phi) is 7.73. The highest BCUT2D eigenvalue weighted by atomic mass is 19.4. The van der Waals surface area contributed by atoms with Crippen LogP contribution in [0.5, 0.6) is 0 Å². The van der Waals surface area contributed by atoms with E-state index in [9.17, 15) is 27.6 Å². The van der Waals surface area contributed by atoms with Gasteiger partial charge in [0.15, 0.2) is 0 Å². The molecule has 2 aromatic rings. The van der Waals surface area contributed by atoms with E-state index in [-0.39, 0.29) is 29.2 Å². The van der Waals surface area contributed by atoms with Gasteiger partial charge in [0, 0.05) is 42.4 Å². The number of piperidine rings is 1. The lowest BCUT2D eigenvalue weighted by Gasteiger charge is -2.31. The number of carbonyl (C=O) groups excluding carboxylic acids is 3. The molecule has 0 bridgehead atoms. The molecule has 1 saturated heterocycles. The zero-order valence-corrected chi connectivity index (χ0v) is 18.2. The summed E-state index contributed by atoms with van der Waals surface area (Å²) in [5.74, 6) is -0.965. The lowest BCUT2D eigenvalue weighted by Crippen LogP contribution is -2.41. The van der Waals surface area contributed by atoms with E-state index < -0.39 is 11.7 Å². The van der Waals surface area contributed by atoms with Crippen LogP contribution in [0.3, 0.4) is 0 Å². The molecular formula is C24H26F3N3O3. The summed E-state index contributed by atoms with van der Waals surface area (Å²) in [4.78, 5) is 38.7. The van der Waals surface area contributed by atoms with Gasteiger partial charge in [0.05, 0.1) is 5.56 Å². The number of hydrogen-bond donors (Lipinski definition) is 2. The Morgan fingerprint density at radius 3 is 2.06 bits per heavy atom. The highest BCUT2D eigenvalue weighted by molar-refractivity contribution is 5.97. The molecular weight excluding hydrogens is 435 g/mol. The highest BCUT2D eigenvalue weighted by Crippen LogP contribution is 2.29. The standard InChI is InChI=1S/C24H26F3N3O3/c1-2-13-28-21(31)16-5-9-20(10-6-16)29-22(32)17-11-14-30(15-12-17)23(33)18-3-7-19(8-4-18)24(25,26)27/h3-10,17H,2,11-15H2,1H3,(H,28,31)(H,29,32). The molecule has 0 spiro atoms. The van der Waals surface area contributed by atoms with E-state index in [1.165, 1.54) is 12.1 Å². The first-order chi connectivity index (χ1) is 15.7. The van der Waals surface area contributed by atoms with E-state index in [2.05, 4.69) is 10.6 Å². The largest absolute Gasteiger partial charge is 0.416 e. The van der Waals surface area contributed by atoms with Gasteiger partial charge < -0.3 is 15.5 Å². The fourth-order valence-electron chi connectivity index (χ4n) is 3.62. The molecule has 6 nitrogen and oxygen atoms in total. The number of nitrogens with one attached hydrogen (secondary N) is 2. The Morgan fingerprint density at radius 2 is 1.52 bits per heavy atom. The molecule has 3 rings (SSSR count). The molecule has 3 amide bonds. The molecule has 33 heavy (non-hydrogen) atoms. The fourth-order valence-corrected chi connectivity index (χ4v) is 3.62. The van der Waals surface area contributed by atoms with Crippen molar-refractivity contribution >= 4 is 23.4 Å². The van der Waals surface area contributed by atoms with Crippen molar-refractivity contribution in [1.29, 1.82) is 0 Å². The van der Waals surface area contributed by atoms with E-state index in [1.54, 1.807) is 29.2 Å². The molecule has 0 aliphatic carbocycles. The van der Waals surface area contributed by atoms with Crippen molar-refractivity contribution in [3.8, 4) is 0 Å². The molecule has 176 valence electrons. The van der Waals surface area contributed by atoms with Crippen LogP contribution in [0.4, 0.5) is 18.9 Å². The molecule has 1 aliphatic rings. The van der Waals surface area contributed by atoms with Crippen LogP contribution in [-0.4, -0.2) is 42.3 Å². The van der Waals surface area contributed by atoms with E-state index >= 15 is 0 Å². The van der Waals surface area contributed by atoms with E-state index in [0.717, 1.165) is 18.6 Å². The van der Waals surface area contributed by atoms with Crippen LogP contribution in [0, 0.1) is 5.92 Å². The second-order valence-corrected chi connectivity index (χ2v) is 7.96. The number of benzene rings is 2. The van der Waals surface area contributed by atoms with E-state index in [0.29, 0.717) is 43.7 Å². The maximum Gasteiger partial charge on any atom is 0.416 e. The minimum Gasteiger partial charge on any atom is -0.352 e. The topological polar surface area (TPSA) is 78.5 Å². The van der Waals surface area contributed by atoms with Crippen molar-refractivity contribution in [3.63, 3.8) is 0 Å². The molecule has 9 heteroatoms. The van der Waals surface area contributed by atoms with Gasteiger partial charge in [-0.25, -0.2) is 0 Å². The lowest BCUT2D eigenvalue weighted by atomic mass is 9.95. The number of anilines is 1. The third kappa shape index (κ3) is 6.34. The third-order valence-corrected chi connectivity index (χ3v) is 5.56. The summed E-state index contributed by atoms with van der Waals surface area (Å²) in [6, 6.07) is 10.8. The van der Waals surface area contributed by atoms with Gasteiger partial charge in [-0.2, -0.15) is 13.2 Å². The zero-order chi connectivity index (χ0) is 24.0. The smallest absolute Gasteiger partial charge is 0.352 e. The van der Waals surface area contributed by atoms with Crippen LogP contribution >= 0.6 is 0 Å². The Balaban J connectivity index is 1.50. The van der Waals surface area contributed by atoms with Gasteiger partial charge in [0.2, 0.25) is 5.91 Å². The van der Waals surface area contributed by atoms with Crippen LogP contribution in [-0.2, 0) is 11.0 Å². The van der Waals surface area contributed by atoms with Crippen LogP contribution in [0.15, 0.2) is 48.5 Å². The summed E-state index contributed by atoms with van der Waals surface area (Å²) < 4.78 is 38.1. The van der Waals surface area contributed by atoms with Gasteiger partial charge in [-0.1, -0.05) is 6.92 Å². The average molecular weight is 461 g/mol. The van der Waals surface area contributed by atoms with Gasteiger partial charge in [-0.15, -0.1) is 0 Å². The molecule has 0 atom stereocenters. The molecule has 0 saturated carbocycles. The Hall–Kier alpha value is -3.36. The normalized spacial score (nSPS) is 14.6. The fraction of sp³-hybridized carbons (Fsp3) is 0.375. The molecule has 0 unspecified atom stereocenters. The molecule has 1 fully saturated rings. The monoisotopic (exact) mass is 461 g/mol. The Morgan fingerprint density at radius 1 is 0.939 bits per heavy atom. The Bertz CT molecular complexity index is 981. The summed E-state index contributed by atoms with van der Waals surface area (Å²) in [6.45, 7) is 3.24. The van der Waals surface area contributed by atoms with Gasteiger partial charge in [-0.3, -0.25) is 14.4 Å². The molecule has 0 radical (unpaired) electrons. The summed E-state index contributed by atoms with van der Waals surface area (Å²) in [7, 11) is 0. The minimum atomic E-state index is -4.45. The van der Waals surface area contributed by atoms with E-state index in [1.807, 2.05) is 6.92 Å². The summed E-state index contributed by atoms with van der Waals surface area (Å²) >= 11 is 0. The zero-order valence-electron chi connectivity index (χ0n) is 18.2. The Labute approximate surface area is 190 Å². The minimum absolute atomic E-state index is 0.167. The quantitative estimate of drug-likeness (QED) is 0.672. The summed E-state index contributed by atoms with van der Waals surface area (Å²) in [5.41, 5.74) is 0.477. The van der Waals surface area contributed by atoms with Crippen molar-refractivity contribution in [2.45, 2.75) is 32.4 Å². The first-order valence-corrected chi connectivity index (χ1v) is 10.8. The number of halogens is 3. The predicted molar refractivity (Wildman–Crippen MR) is 118 cm³/mol. The maximum absolute atomic E-state index is 12.7. The molecule has 0 aromatic heterocycles. The number of hydrogen-bond acceptors (Lipinski definition) is 3. The summed E-state index contributed by atoms with van der Waals surface area (Å²) in [5, 5.41) is 5.62. The molecule has 1 aliphatic heterocycles. The number of rotatable bonds is 6. The lowest BCUT2D eigenvalue weighted by molar-refractivity contribution is -0.137. The molecule has 2 aromatic carbocycles. The number of nitrogens with zero attached hydrogens (tertiary/aromatic N) is 1. The van der Waals surface area contributed by atoms with Crippen LogP contribution in [0.2, 0.25) is 0 Å². The first-order valence-electron chi connectivity index (χ1n) is 10.8. The van der Waals surface area contributed by atoms with Gasteiger partial charge in [0.25, 0.3) is 11.8 Å². The number of alkyl halides is 3. The van der Waals surface area contributed by atoms with Crippen molar-refractivity contribution in [3.05, 3.63) is 65.2 Å². The predicted octanol–water partition coefficient (Wildman–Crippen LogP) is 4.34. The van der Waals surface area contributed by atoms with Crippen molar-refractivity contribution < 1.29 is 27.6 Å². The molecule has 2 N–H and O–H groups in total. The number of likely N-dealkylation sites (tertiary alicyclic amines) is 1. The van der Waals surface area contributed by atoms with Gasteiger partial charge >= 0.3 is 6.18 Å². The van der Waals surface area contributed by atoms with Crippen molar-refractivity contribution in [2.75, 3.05) is 25.0 Å². The van der Waals surface area contributed by atoms with E-state index in [4.69, 9.17) is 0 Å². The second-order valence-electron chi connectivity index (χ2n) is 7.96. The first kappa shape index (κ1) is 24.3. The van der Waals surface area contributed by atoms with Crippen molar-refractivity contribution in [1.82, 2.24) is 10.2 Å². The van der Waals surface area contributed by atoms with Crippen LogP contribution < -0.4 is 10.6 Å². The average Bonchev–Trinajstić information content (AvgIpc) is 2.82. The van der Waals surface area contributed by atoms with Crippen LogP contribution in [0.25, 0.3) is 0 Å². The van der Waals surface area contributed by atoms with Gasteiger partial charge in [0.1, 0.15) is 0 Å². The van der Waals surface area contributed by atoms with Gasteiger partial charge in [-0.05, 0) is 67.8 Å². The second kappa shape index (κ2) is 10.5. The number of amides is 3. The molecule has 1 heterocycles. The maximum atomic E-state index is 12.7. The number of carbonyl (C=O) groups is 3. The van der Waals surface area contributed by atoms with Crippen molar-refractivity contribution in [2.24, 2.45) is 5.92 Å².